The van der Waals surface area contributed by atoms with Crippen LogP contribution in [0.15, 0.2) is 33.9 Å². The Morgan fingerprint density at radius 3 is 2.31 bits per heavy atom. The first-order valence-electron chi connectivity index (χ1n) is 13.7. The zero-order valence-corrected chi connectivity index (χ0v) is 25.9. The highest BCUT2D eigenvalue weighted by Gasteiger charge is 2.37. The molecule has 0 fully saturated rings. The number of nitrogens with zero attached hydrogens (tertiary/aromatic N) is 4. The summed E-state index contributed by atoms with van der Waals surface area (Å²) in [7, 11) is 0. The van der Waals surface area contributed by atoms with Crippen LogP contribution in [0.3, 0.4) is 0 Å². The van der Waals surface area contributed by atoms with E-state index in [1.54, 1.807) is 0 Å². The van der Waals surface area contributed by atoms with Gasteiger partial charge in [0.1, 0.15) is 17.7 Å². The van der Waals surface area contributed by atoms with Gasteiger partial charge in [-0.25, -0.2) is 19.6 Å². The van der Waals surface area contributed by atoms with E-state index in [0.29, 0.717) is 6.29 Å². The first-order chi connectivity index (χ1) is 22.5. The largest absolute Gasteiger partial charge is 0.504 e. The number of phenols is 2. The summed E-state index contributed by atoms with van der Waals surface area (Å²) in [5.74, 6) is -7.55. The molecule has 21 heteroatoms. The average Bonchev–Trinajstić information content (AvgIpc) is 3.70. The van der Waals surface area contributed by atoms with Crippen LogP contribution in [0.5, 0.6) is 11.5 Å². The lowest BCUT2D eigenvalue weighted by Gasteiger charge is -2.22. The number of amides is 4. The van der Waals surface area contributed by atoms with Crippen molar-refractivity contribution >= 4 is 64.0 Å². The molecule has 0 spiro atoms. The van der Waals surface area contributed by atoms with Crippen LogP contribution in [0.2, 0.25) is 0 Å². The number of hydrogen-bond acceptors (Lipinski definition) is 16. The number of nitrogens with one attached hydrogen (secondary N) is 3. The van der Waals surface area contributed by atoms with Crippen LogP contribution in [0.25, 0.3) is 0 Å². The summed E-state index contributed by atoms with van der Waals surface area (Å²) in [5.41, 5.74) is 4.59. The van der Waals surface area contributed by atoms with Crippen LogP contribution >= 0.6 is 11.3 Å². The Balaban J connectivity index is 1.39. The zero-order chi connectivity index (χ0) is 35.5. The Labute approximate surface area is 273 Å². The molecule has 0 bridgehead atoms. The van der Waals surface area contributed by atoms with Gasteiger partial charge < -0.3 is 51.9 Å². The number of nitrogen functional groups attached to an aromatic ring is 1. The molecular formula is C27H28N8O12S. The molecule has 0 saturated carbocycles. The average molecular weight is 689 g/mol. The molecule has 3 heterocycles. The lowest BCUT2D eigenvalue weighted by Crippen LogP contribution is -2.49. The number of thiazole rings is 1. The van der Waals surface area contributed by atoms with Gasteiger partial charge in [-0.05, 0) is 26.0 Å². The Kier molecular flexibility index (Phi) is 9.94. The summed E-state index contributed by atoms with van der Waals surface area (Å²) in [6.07, 6.45) is 0.328. The zero-order valence-electron chi connectivity index (χ0n) is 25.0. The lowest BCUT2D eigenvalue weighted by molar-refractivity contribution is -0.161. The van der Waals surface area contributed by atoms with E-state index in [1.165, 1.54) is 19.2 Å². The Morgan fingerprint density at radius 1 is 1.17 bits per heavy atom. The van der Waals surface area contributed by atoms with Crippen LogP contribution in [-0.2, 0) is 28.8 Å². The molecule has 2 aliphatic heterocycles. The number of aldehydes is 1. The van der Waals surface area contributed by atoms with Crippen molar-refractivity contribution in [2.45, 2.75) is 25.5 Å². The number of carboxylic acids is 2. The number of aromatic nitrogens is 1. The topological polar surface area (TPSA) is 303 Å². The number of carbonyl (C=O) groups excluding carboxylic acids is 5. The van der Waals surface area contributed by atoms with E-state index in [4.69, 9.17) is 10.6 Å². The molecule has 1 aromatic carbocycles. The van der Waals surface area contributed by atoms with Gasteiger partial charge in [-0.3, -0.25) is 24.1 Å². The number of fused-ring (bicyclic) bond motifs is 1. The lowest BCUT2D eigenvalue weighted by atomic mass is 10.1. The van der Waals surface area contributed by atoms with Crippen LogP contribution in [0.4, 0.5) is 5.13 Å². The van der Waals surface area contributed by atoms with Crippen molar-refractivity contribution in [1.29, 1.82) is 0 Å². The van der Waals surface area contributed by atoms with Crippen molar-refractivity contribution in [2.75, 3.05) is 31.9 Å². The summed E-state index contributed by atoms with van der Waals surface area (Å²) < 4.78 is 0. The third-order valence-corrected chi connectivity index (χ3v) is 7.53. The fraction of sp³-hybridized carbons (Fsp3) is 0.296. The second kappa shape index (κ2) is 13.7. The molecule has 0 radical (unpaired) electrons. The number of rotatable bonds is 14. The van der Waals surface area contributed by atoms with Gasteiger partial charge in [0.25, 0.3) is 23.6 Å². The van der Waals surface area contributed by atoms with Crippen molar-refractivity contribution in [3.63, 3.8) is 0 Å². The highest BCUT2D eigenvalue weighted by atomic mass is 32.1. The molecule has 4 amide bonds. The highest BCUT2D eigenvalue weighted by Crippen LogP contribution is 2.33. The third kappa shape index (κ3) is 7.31. The first-order valence-corrected chi connectivity index (χ1v) is 14.6. The van der Waals surface area contributed by atoms with E-state index < -0.39 is 70.1 Å². The molecule has 20 nitrogen and oxygen atoms in total. The number of aliphatic carboxylic acids is 2. The quantitative estimate of drug-likeness (QED) is 0.0349. The number of anilines is 1. The van der Waals surface area contributed by atoms with Gasteiger partial charge >= 0.3 is 11.9 Å². The molecule has 0 saturated heterocycles. The molecule has 9 N–H and O–H groups in total. The van der Waals surface area contributed by atoms with Crippen molar-refractivity contribution in [2.24, 2.45) is 5.16 Å². The maximum Gasteiger partial charge on any atom is 0.353 e. The number of hydrogen-bond donors (Lipinski definition) is 8. The second-order valence-corrected chi connectivity index (χ2v) is 11.6. The molecule has 254 valence electrons. The molecule has 1 atom stereocenters. The van der Waals surface area contributed by atoms with Crippen LogP contribution in [-0.4, -0.2) is 121 Å². The summed E-state index contributed by atoms with van der Waals surface area (Å²) in [6, 6.07) is 0.555. The van der Waals surface area contributed by atoms with E-state index >= 15 is 0 Å². The first kappa shape index (κ1) is 34.8. The molecule has 2 aromatic rings. The highest BCUT2D eigenvalue weighted by molar-refractivity contribution is 7.13. The molecule has 0 aliphatic carbocycles. The van der Waals surface area contributed by atoms with Gasteiger partial charge in [0.2, 0.25) is 5.60 Å². The van der Waals surface area contributed by atoms with Crippen molar-refractivity contribution in [3.8, 4) is 11.5 Å². The number of imide groups is 1. The number of hydrazine groups is 1. The van der Waals surface area contributed by atoms with Gasteiger partial charge in [0.05, 0.1) is 29.3 Å². The summed E-state index contributed by atoms with van der Waals surface area (Å²) >= 11 is 0.950. The van der Waals surface area contributed by atoms with Crippen molar-refractivity contribution in [3.05, 3.63) is 45.6 Å². The van der Waals surface area contributed by atoms with E-state index in [-0.39, 0.29) is 53.7 Å². The number of oxime groups is 1. The minimum atomic E-state index is -1.84. The summed E-state index contributed by atoms with van der Waals surface area (Å²) in [5, 5.41) is 49.2. The Hall–Kier alpha value is -6.09. The van der Waals surface area contributed by atoms with Crippen LogP contribution in [0, 0.1) is 0 Å². The summed E-state index contributed by atoms with van der Waals surface area (Å²) in [6.45, 7) is 1.01. The minimum absolute atomic E-state index is 0.0542. The fourth-order valence-corrected chi connectivity index (χ4v) is 4.86. The van der Waals surface area contributed by atoms with Crippen LogP contribution in [0.1, 0.15) is 40.3 Å². The monoisotopic (exact) mass is 688 g/mol. The summed E-state index contributed by atoms with van der Waals surface area (Å²) in [4.78, 5) is 96.3. The molecule has 0 unspecified atom stereocenters. The predicted molar refractivity (Wildman–Crippen MR) is 161 cm³/mol. The molecular weight excluding hydrogens is 660 g/mol. The normalized spacial score (nSPS) is 15.5. The van der Waals surface area contributed by atoms with E-state index in [1.807, 2.05) is 0 Å². The number of carboxylic acid groups (broad SMARTS) is 2. The minimum Gasteiger partial charge on any atom is -0.504 e. The standard InChI is InChI=1S/C27H28N8O12S/c1-27(2,25(45)46)47-33-19(15-10-48-26(28)31-15)21(40)30-11(9-36)7-34-8-14(18(32-34)24(43)44)20(39)29-3-4-35-22(41)12-5-16(37)17(38)6-13(12)23(35)42/h5-6,9-11,32,37-38H,3-4,7-8H2,1-2H3,(H2,28,31)(H,29,39)(H,30,40)(H,43,44)(H,45,46)/b33-19-/t11-/m0/s1. The number of aromatic hydroxyl groups is 2. The third-order valence-electron chi connectivity index (χ3n) is 6.85. The molecule has 2 aliphatic rings. The van der Waals surface area contributed by atoms with Crippen LogP contribution < -0.4 is 21.8 Å². The van der Waals surface area contributed by atoms with E-state index in [9.17, 15) is 54.0 Å². The number of nitrogens with two attached hydrogens (primary N) is 1. The number of carbonyl (C=O) groups is 7. The van der Waals surface area contributed by atoms with Crippen molar-refractivity contribution < 1.29 is 58.8 Å². The number of phenolic OH excluding ortho intramolecular Hbond substituents is 2. The maximum atomic E-state index is 13.1. The molecule has 48 heavy (non-hydrogen) atoms. The molecule has 1 aromatic heterocycles. The fourth-order valence-electron chi connectivity index (χ4n) is 4.31. The van der Waals surface area contributed by atoms with Gasteiger partial charge in [0, 0.05) is 25.0 Å². The molecule has 4 rings (SSSR count). The Morgan fingerprint density at radius 2 is 1.79 bits per heavy atom. The Bertz CT molecular complexity index is 1740. The predicted octanol–water partition coefficient (Wildman–Crippen LogP) is -2.02. The van der Waals surface area contributed by atoms with Gasteiger partial charge in [-0.1, -0.05) is 5.16 Å². The second-order valence-electron chi connectivity index (χ2n) is 10.7. The maximum absolute atomic E-state index is 13.1. The van der Waals surface area contributed by atoms with E-state index in [2.05, 4.69) is 26.2 Å². The van der Waals surface area contributed by atoms with Gasteiger partial charge in [0.15, 0.2) is 22.3 Å². The van der Waals surface area contributed by atoms with Gasteiger partial charge in [-0.2, -0.15) is 0 Å². The van der Waals surface area contributed by atoms with E-state index in [0.717, 1.165) is 33.4 Å². The number of benzene rings is 1. The van der Waals surface area contributed by atoms with Gasteiger partial charge in [-0.15, -0.1) is 11.3 Å². The van der Waals surface area contributed by atoms with Crippen molar-refractivity contribution in [1.82, 2.24) is 31.0 Å². The SMILES string of the molecule is CC(C)(O/N=C(\C(=O)N[C@H](C=O)CN1CC(C(=O)NCCN2C(=O)c3cc(O)c(O)cc3C2=O)=C(C(=O)O)N1)c1csc(N)n1)C(=O)O. The smallest absolute Gasteiger partial charge is 0.353 e.